The van der Waals surface area contributed by atoms with Crippen molar-refractivity contribution in [3.05, 3.63) is 23.9 Å². The number of rotatable bonds is 6. The van der Waals surface area contributed by atoms with E-state index in [1.54, 1.807) is 25.3 Å². The molecule has 0 amide bonds. The molecule has 0 unspecified atom stereocenters. The molecule has 1 aliphatic heterocycles. The Morgan fingerprint density at radius 2 is 2.20 bits per heavy atom. The van der Waals surface area contributed by atoms with Crippen LogP contribution in [0.1, 0.15) is 36.5 Å². The number of likely N-dealkylation sites (tertiary alicyclic amines) is 1. The maximum absolute atomic E-state index is 11.8. The van der Waals surface area contributed by atoms with Crippen LogP contribution in [0.5, 0.6) is 0 Å². The quantitative estimate of drug-likeness (QED) is 0.808. The summed E-state index contributed by atoms with van der Waals surface area (Å²) in [6.45, 7) is 6.31. The molecule has 20 heavy (non-hydrogen) atoms. The van der Waals surface area contributed by atoms with E-state index in [4.69, 9.17) is 4.74 Å². The van der Waals surface area contributed by atoms with E-state index < -0.39 is 0 Å². The Hall–Kier alpha value is -1.62. The fourth-order valence-corrected chi connectivity index (χ4v) is 2.44. The molecule has 1 aromatic heterocycles. The van der Waals surface area contributed by atoms with Crippen LogP contribution in [0, 0.1) is 0 Å². The molecule has 0 bridgehead atoms. The van der Waals surface area contributed by atoms with Gasteiger partial charge in [0, 0.05) is 19.3 Å². The van der Waals surface area contributed by atoms with Crippen LogP contribution in [-0.4, -0.2) is 48.6 Å². The molecule has 1 aromatic rings. The molecule has 0 aliphatic carbocycles. The van der Waals surface area contributed by atoms with E-state index in [1.165, 1.54) is 32.4 Å². The predicted octanol–water partition coefficient (Wildman–Crippen LogP) is 2.16. The van der Waals surface area contributed by atoms with E-state index in [-0.39, 0.29) is 5.97 Å². The van der Waals surface area contributed by atoms with Gasteiger partial charge in [0.2, 0.25) is 0 Å². The number of pyridine rings is 1. The largest absolute Gasteiger partial charge is 0.462 e. The van der Waals surface area contributed by atoms with Crippen LogP contribution in [0.3, 0.4) is 0 Å². The molecular weight excluding hydrogens is 254 g/mol. The predicted molar refractivity (Wildman–Crippen MR) is 79.0 cm³/mol. The fourth-order valence-electron chi connectivity index (χ4n) is 2.44. The number of ether oxygens (including phenoxy) is 1. The molecular formula is C15H23N3O2. The van der Waals surface area contributed by atoms with Crippen molar-refractivity contribution in [3.8, 4) is 0 Å². The van der Waals surface area contributed by atoms with Crippen LogP contribution in [-0.2, 0) is 4.74 Å². The minimum atomic E-state index is -0.318. The first-order valence-electron chi connectivity index (χ1n) is 7.39. The topological polar surface area (TPSA) is 54.5 Å². The first-order chi connectivity index (χ1) is 9.81. The van der Waals surface area contributed by atoms with Gasteiger partial charge in [-0.15, -0.1) is 0 Å². The number of hydrogen-bond donors (Lipinski definition) is 1. The SMILES string of the molecule is CCOC(=O)c1cccnc1NCCN1CCCCC1. The van der Waals surface area contributed by atoms with Gasteiger partial charge in [-0.05, 0) is 45.0 Å². The highest BCUT2D eigenvalue weighted by atomic mass is 16.5. The lowest BCUT2D eigenvalue weighted by molar-refractivity contribution is 0.0527. The maximum atomic E-state index is 11.8. The molecule has 5 heteroatoms. The number of hydrogen-bond acceptors (Lipinski definition) is 5. The van der Waals surface area contributed by atoms with Gasteiger partial charge in [0.05, 0.1) is 6.61 Å². The van der Waals surface area contributed by atoms with Gasteiger partial charge in [0.1, 0.15) is 11.4 Å². The fraction of sp³-hybridized carbons (Fsp3) is 0.600. The molecule has 0 aromatic carbocycles. The van der Waals surface area contributed by atoms with Crippen LogP contribution in [0.2, 0.25) is 0 Å². The van der Waals surface area contributed by atoms with Gasteiger partial charge in [-0.3, -0.25) is 0 Å². The highest BCUT2D eigenvalue weighted by Crippen LogP contribution is 2.13. The van der Waals surface area contributed by atoms with Crippen molar-refractivity contribution in [2.75, 3.05) is 38.1 Å². The lowest BCUT2D eigenvalue weighted by Gasteiger charge is -2.26. The van der Waals surface area contributed by atoms with Crippen molar-refractivity contribution in [2.24, 2.45) is 0 Å². The lowest BCUT2D eigenvalue weighted by Crippen LogP contribution is -2.34. The normalized spacial score (nSPS) is 15.8. The summed E-state index contributed by atoms with van der Waals surface area (Å²) >= 11 is 0. The molecule has 1 N–H and O–H groups in total. The number of carbonyl (C=O) groups excluding carboxylic acids is 1. The van der Waals surface area contributed by atoms with E-state index in [1.807, 2.05) is 0 Å². The summed E-state index contributed by atoms with van der Waals surface area (Å²) in [6.07, 6.45) is 5.61. The Balaban J connectivity index is 1.86. The first kappa shape index (κ1) is 14.8. The maximum Gasteiger partial charge on any atom is 0.341 e. The average Bonchev–Trinajstić information content (AvgIpc) is 2.49. The van der Waals surface area contributed by atoms with Crippen LogP contribution >= 0.6 is 0 Å². The zero-order valence-electron chi connectivity index (χ0n) is 12.1. The zero-order valence-corrected chi connectivity index (χ0v) is 12.1. The van der Waals surface area contributed by atoms with Crippen molar-refractivity contribution in [1.82, 2.24) is 9.88 Å². The van der Waals surface area contributed by atoms with Crippen LogP contribution in [0.15, 0.2) is 18.3 Å². The number of piperidine rings is 1. The van der Waals surface area contributed by atoms with E-state index in [0.717, 1.165) is 13.1 Å². The molecule has 110 valence electrons. The van der Waals surface area contributed by atoms with Gasteiger partial charge in [0.15, 0.2) is 0 Å². The summed E-state index contributed by atoms with van der Waals surface area (Å²) in [6, 6.07) is 3.50. The number of carbonyl (C=O) groups is 1. The van der Waals surface area contributed by atoms with Crippen molar-refractivity contribution >= 4 is 11.8 Å². The van der Waals surface area contributed by atoms with Crippen molar-refractivity contribution in [3.63, 3.8) is 0 Å². The number of anilines is 1. The molecule has 5 nitrogen and oxygen atoms in total. The molecule has 0 atom stereocenters. The summed E-state index contributed by atoms with van der Waals surface area (Å²) in [7, 11) is 0. The highest BCUT2D eigenvalue weighted by molar-refractivity contribution is 5.94. The molecule has 0 saturated carbocycles. The summed E-state index contributed by atoms with van der Waals surface area (Å²) in [4.78, 5) is 18.5. The zero-order chi connectivity index (χ0) is 14.2. The number of nitrogens with zero attached hydrogens (tertiary/aromatic N) is 2. The van der Waals surface area contributed by atoms with Gasteiger partial charge >= 0.3 is 5.97 Å². The second kappa shape index (κ2) is 7.85. The van der Waals surface area contributed by atoms with Crippen LogP contribution < -0.4 is 5.32 Å². The van der Waals surface area contributed by atoms with Crippen molar-refractivity contribution in [1.29, 1.82) is 0 Å². The molecule has 2 rings (SSSR count). The monoisotopic (exact) mass is 277 g/mol. The van der Waals surface area contributed by atoms with Crippen molar-refractivity contribution in [2.45, 2.75) is 26.2 Å². The third-order valence-electron chi connectivity index (χ3n) is 3.47. The average molecular weight is 277 g/mol. The summed E-state index contributed by atoms with van der Waals surface area (Å²) < 4.78 is 5.04. The minimum Gasteiger partial charge on any atom is -0.462 e. The number of esters is 1. The Morgan fingerprint density at radius 1 is 1.40 bits per heavy atom. The number of aromatic nitrogens is 1. The molecule has 1 aliphatic rings. The number of nitrogens with one attached hydrogen (secondary N) is 1. The Bertz CT molecular complexity index is 431. The van der Waals surface area contributed by atoms with Gasteiger partial charge < -0.3 is 15.0 Å². The first-order valence-corrected chi connectivity index (χ1v) is 7.39. The second-order valence-corrected chi connectivity index (χ2v) is 4.95. The van der Waals surface area contributed by atoms with Crippen LogP contribution in [0.4, 0.5) is 5.82 Å². The molecule has 0 spiro atoms. The van der Waals surface area contributed by atoms with E-state index in [2.05, 4.69) is 15.2 Å². The highest BCUT2D eigenvalue weighted by Gasteiger charge is 2.14. The van der Waals surface area contributed by atoms with E-state index in [9.17, 15) is 4.79 Å². The molecule has 0 radical (unpaired) electrons. The van der Waals surface area contributed by atoms with Crippen molar-refractivity contribution < 1.29 is 9.53 Å². The third-order valence-corrected chi connectivity index (χ3v) is 3.47. The Labute approximate surface area is 120 Å². The van der Waals surface area contributed by atoms with E-state index in [0.29, 0.717) is 18.0 Å². The summed E-state index contributed by atoms with van der Waals surface area (Å²) in [5.41, 5.74) is 0.507. The smallest absolute Gasteiger partial charge is 0.341 e. The molecule has 2 heterocycles. The van der Waals surface area contributed by atoms with Gasteiger partial charge in [-0.2, -0.15) is 0 Å². The lowest BCUT2D eigenvalue weighted by atomic mass is 10.1. The Morgan fingerprint density at radius 3 is 2.95 bits per heavy atom. The minimum absolute atomic E-state index is 0.318. The molecule has 1 saturated heterocycles. The second-order valence-electron chi connectivity index (χ2n) is 4.95. The summed E-state index contributed by atoms with van der Waals surface area (Å²) in [5.74, 6) is 0.295. The van der Waals surface area contributed by atoms with Crippen LogP contribution in [0.25, 0.3) is 0 Å². The van der Waals surface area contributed by atoms with Gasteiger partial charge in [-0.1, -0.05) is 6.42 Å². The Kier molecular flexibility index (Phi) is 5.80. The van der Waals surface area contributed by atoms with Gasteiger partial charge in [-0.25, -0.2) is 9.78 Å². The standard InChI is InChI=1S/C15H23N3O2/c1-2-20-15(19)13-7-6-8-16-14(13)17-9-12-18-10-4-3-5-11-18/h6-8H,2-5,9-12H2,1H3,(H,16,17). The van der Waals surface area contributed by atoms with E-state index >= 15 is 0 Å². The molecule has 1 fully saturated rings. The van der Waals surface area contributed by atoms with Gasteiger partial charge in [0.25, 0.3) is 0 Å². The third kappa shape index (κ3) is 4.20. The summed E-state index contributed by atoms with van der Waals surface area (Å²) in [5, 5.41) is 3.25.